The number of hydroxylamine groups is 2. The largest absolute Gasteiger partial charge is 0.493 e. The van der Waals surface area contributed by atoms with Crippen LogP contribution in [0.15, 0.2) is 30.6 Å². The number of rotatable bonds is 16. The smallest absolute Gasteiger partial charge is 0.339 e. The third-order valence-electron chi connectivity index (χ3n) is 5.97. The maximum absolute atomic E-state index is 12.9. The number of aromatic nitrogens is 2. The lowest BCUT2D eigenvalue weighted by molar-refractivity contribution is -0.168. The summed E-state index contributed by atoms with van der Waals surface area (Å²) >= 11 is 0. The van der Waals surface area contributed by atoms with E-state index in [0.717, 1.165) is 19.3 Å². The minimum Gasteiger partial charge on any atom is -0.493 e. The molecule has 0 radical (unpaired) electrons. The molecule has 12 nitrogen and oxygen atoms in total. The molecule has 2 aromatic rings. The number of unbranched alkanes of at least 4 members (excludes halogenated alkanes) is 2. The van der Waals surface area contributed by atoms with Gasteiger partial charge in [0.25, 0.3) is 5.91 Å². The maximum atomic E-state index is 12.9. The molecular weight excluding hydrogens is 494 g/mol. The molecule has 206 valence electrons. The molecule has 0 aliphatic carbocycles. The Bertz CT molecular complexity index is 1110. The lowest BCUT2D eigenvalue weighted by atomic mass is 9.90. The first-order chi connectivity index (χ1) is 18.3. The second-order valence-corrected chi connectivity index (χ2v) is 8.53. The molecule has 38 heavy (non-hydrogen) atoms. The average molecular weight is 530 g/mol. The molecule has 2 rings (SSSR count). The molecule has 1 aromatic heterocycles. The van der Waals surface area contributed by atoms with Crippen LogP contribution in [0.1, 0.15) is 73.7 Å². The predicted octanol–water partition coefficient (Wildman–Crippen LogP) is 2.87. The van der Waals surface area contributed by atoms with Gasteiger partial charge in [0.2, 0.25) is 12.3 Å². The van der Waals surface area contributed by atoms with E-state index in [2.05, 4.69) is 20.6 Å². The summed E-state index contributed by atoms with van der Waals surface area (Å²) in [6, 6.07) is 3.78. The first-order valence-electron chi connectivity index (χ1n) is 12.6. The number of benzene rings is 1. The molecule has 0 aliphatic rings. The Morgan fingerprint density at radius 2 is 1.89 bits per heavy atom. The Labute approximate surface area is 221 Å². The summed E-state index contributed by atoms with van der Waals surface area (Å²) in [5, 5.41) is 25.0. The van der Waals surface area contributed by atoms with Crippen LogP contribution < -0.4 is 15.4 Å². The molecule has 0 saturated heterocycles. The van der Waals surface area contributed by atoms with Crippen LogP contribution in [0, 0.1) is 5.92 Å². The normalized spacial score (nSPS) is 12.2. The first kappa shape index (κ1) is 30.2. The second kappa shape index (κ2) is 15.3. The minimum atomic E-state index is -1.13. The predicted molar refractivity (Wildman–Crippen MR) is 137 cm³/mol. The Balaban J connectivity index is 2.09. The first-order valence-corrected chi connectivity index (χ1v) is 12.6. The summed E-state index contributed by atoms with van der Waals surface area (Å²) in [5.41, 5.74) is 0.839. The highest BCUT2D eigenvalue weighted by Crippen LogP contribution is 2.26. The van der Waals surface area contributed by atoms with Gasteiger partial charge in [-0.05, 0) is 31.9 Å². The summed E-state index contributed by atoms with van der Waals surface area (Å²) in [6.45, 7) is 5.62. The topological polar surface area (TPSA) is 171 Å². The van der Waals surface area contributed by atoms with Gasteiger partial charge < -0.3 is 20.5 Å². The van der Waals surface area contributed by atoms with Gasteiger partial charge >= 0.3 is 5.97 Å². The molecular formula is C26H35N5O7. The van der Waals surface area contributed by atoms with Crippen LogP contribution in [0.2, 0.25) is 0 Å². The minimum absolute atomic E-state index is 0.00368. The Kier molecular flexibility index (Phi) is 12.1. The van der Waals surface area contributed by atoms with Gasteiger partial charge in [0.05, 0.1) is 43.3 Å². The molecule has 1 aromatic carbocycles. The van der Waals surface area contributed by atoms with E-state index >= 15 is 0 Å². The van der Waals surface area contributed by atoms with E-state index in [9.17, 15) is 29.5 Å². The van der Waals surface area contributed by atoms with Gasteiger partial charge in [-0.1, -0.05) is 39.2 Å². The fourth-order valence-electron chi connectivity index (χ4n) is 4.03. The fourth-order valence-corrected chi connectivity index (χ4v) is 4.03. The zero-order chi connectivity index (χ0) is 28.1. The lowest BCUT2D eigenvalue weighted by Crippen LogP contribution is -2.47. The van der Waals surface area contributed by atoms with Crippen LogP contribution in [-0.4, -0.2) is 68.9 Å². The zero-order valence-electron chi connectivity index (χ0n) is 21.8. The number of carboxylic acid groups (broad SMARTS) is 1. The third-order valence-corrected chi connectivity index (χ3v) is 5.97. The number of nitrogens with one attached hydrogen (secondary N) is 2. The van der Waals surface area contributed by atoms with E-state index < -0.39 is 29.7 Å². The van der Waals surface area contributed by atoms with Crippen LogP contribution in [-0.2, 0) is 9.59 Å². The fraction of sp³-hybridized carbons (Fsp3) is 0.462. The van der Waals surface area contributed by atoms with Crippen molar-refractivity contribution in [3.63, 3.8) is 0 Å². The standard InChI is InChI=1S/C26H35N5O7/c1-4-7-8-9-18(22(5-2)31(37)16-32)24(33)28-15-29-25(34)21-14-27-13-20(30-21)17-10-11-19(26(35)36)23(12-17)38-6-3/h10-14,16,18,22,37H,4-9,15H2,1-3H3,(H,28,33)(H,29,34)(H,35,36). The highest BCUT2D eigenvalue weighted by Gasteiger charge is 2.30. The second-order valence-electron chi connectivity index (χ2n) is 8.53. The molecule has 0 aliphatic heterocycles. The molecule has 0 bridgehead atoms. The van der Waals surface area contributed by atoms with Crippen molar-refractivity contribution in [1.82, 2.24) is 25.7 Å². The van der Waals surface area contributed by atoms with Crippen LogP contribution in [0.3, 0.4) is 0 Å². The van der Waals surface area contributed by atoms with Crippen LogP contribution in [0.25, 0.3) is 11.3 Å². The van der Waals surface area contributed by atoms with E-state index in [-0.39, 0.29) is 36.7 Å². The summed E-state index contributed by atoms with van der Waals surface area (Å²) in [5.74, 6) is -2.58. The van der Waals surface area contributed by atoms with Crippen molar-refractivity contribution in [2.75, 3.05) is 13.3 Å². The van der Waals surface area contributed by atoms with Crippen LogP contribution in [0.5, 0.6) is 5.75 Å². The van der Waals surface area contributed by atoms with E-state index in [1.165, 1.54) is 24.5 Å². The molecule has 0 spiro atoms. The SMILES string of the molecule is CCCCCC(C(=O)NCNC(=O)c1cncc(-c2ccc(C(=O)O)c(OCC)c2)n1)C(CC)N(O)C=O. The van der Waals surface area contributed by atoms with Gasteiger partial charge in [0.15, 0.2) is 0 Å². The number of carboxylic acids is 1. The molecule has 12 heteroatoms. The number of amides is 3. The highest BCUT2D eigenvalue weighted by molar-refractivity contribution is 5.93. The van der Waals surface area contributed by atoms with Crippen molar-refractivity contribution in [2.45, 2.75) is 58.9 Å². The van der Waals surface area contributed by atoms with Crippen molar-refractivity contribution >= 4 is 24.2 Å². The molecule has 2 atom stereocenters. The molecule has 2 unspecified atom stereocenters. The highest BCUT2D eigenvalue weighted by atomic mass is 16.5. The molecule has 1 heterocycles. The van der Waals surface area contributed by atoms with E-state index in [0.29, 0.717) is 29.2 Å². The van der Waals surface area contributed by atoms with Crippen LogP contribution in [0.4, 0.5) is 0 Å². The van der Waals surface area contributed by atoms with Crippen molar-refractivity contribution < 1.29 is 34.2 Å². The summed E-state index contributed by atoms with van der Waals surface area (Å²) < 4.78 is 5.42. The molecule has 4 N–H and O–H groups in total. The molecule has 0 saturated carbocycles. The van der Waals surface area contributed by atoms with Gasteiger partial charge in [0.1, 0.15) is 17.0 Å². The van der Waals surface area contributed by atoms with Crippen molar-refractivity contribution in [2.24, 2.45) is 5.92 Å². The Hall–Kier alpha value is -4.06. The number of ether oxygens (including phenoxy) is 1. The van der Waals surface area contributed by atoms with E-state index in [1.54, 1.807) is 19.9 Å². The van der Waals surface area contributed by atoms with Gasteiger partial charge in [-0.25, -0.2) is 14.8 Å². The van der Waals surface area contributed by atoms with Crippen molar-refractivity contribution in [1.29, 1.82) is 0 Å². The number of nitrogens with zero attached hydrogens (tertiary/aromatic N) is 3. The zero-order valence-corrected chi connectivity index (χ0v) is 21.8. The van der Waals surface area contributed by atoms with Crippen LogP contribution >= 0.6 is 0 Å². The number of hydrogen-bond donors (Lipinski definition) is 4. The summed E-state index contributed by atoms with van der Waals surface area (Å²) in [4.78, 5) is 56.4. The van der Waals surface area contributed by atoms with Crippen molar-refractivity contribution in [3.8, 4) is 17.0 Å². The number of carbonyl (C=O) groups is 4. The quantitative estimate of drug-likeness (QED) is 0.0839. The number of aromatic carboxylic acids is 1. The van der Waals surface area contributed by atoms with Crippen molar-refractivity contribution in [3.05, 3.63) is 41.9 Å². The molecule has 0 fully saturated rings. The maximum Gasteiger partial charge on any atom is 0.339 e. The lowest BCUT2D eigenvalue weighted by Gasteiger charge is -2.29. The number of carbonyl (C=O) groups excluding carboxylic acids is 3. The van der Waals surface area contributed by atoms with Gasteiger partial charge in [-0.15, -0.1) is 0 Å². The number of hydrogen-bond acceptors (Lipinski definition) is 8. The summed E-state index contributed by atoms with van der Waals surface area (Å²) in [6.07, 6.45) is 6.46. The van der Waals surface area contributed by atoms with E-state index in [1.807, 2.05) is 6.92 Å². The molecule has 3 amide bonds. The average Bonchev–Trinajstić information content (AvgIpc) is 2.92. The van der Waals surface area contributed by atoms with E-state index in [4.69, 9.17) is 4.74 Å². The summed E-state index contributed by atoms with van der Waals surface area (Å²) in [7, 11) is 0. The van der Waals surface area contributed by atoms with Gasteiger partial charge in [0, 0.05) is 5.56 Å². The Morgan fingerprint density at radius 3 is 2.53 bits per heavy atom. The van der Waals surface area contributed by atoms with Gasteiger partial charge in [-0.3, -0.25) is 24.6 Å². The monoisotopic (exact) mass is 529 g/mol. The van der Waals surface area contributed by atoms with Gasteiger partial charge in [-0.2, -0.15) is 0 Å². The third kappa shape index (κ3) is 8.23. The Morgan fingerprint density at radius 1 is 1.13 bits per heavy atom.